The van der Waals surface area contributed by atoms with E-state index in [2.05, 4.69) is 192 Å². The van der Waals surface area contributed by atoms with Crippen molar-refractivity contribution < 1.29 is 18.9 Å². The summed E-state index contributed by atoms with van der Waals surface area (Å²) in [6.45, 7) is 16.5. The molecule has 0 saturated carbocycles. The highest BCUT2D eigenvalue weighted by Crippen LogP contribution is 2.56. The van der Waals surface area contributed by atoms with E-state index < -0.39 is 0 Å². The first-order valence-electron chi connectivity index (χ1n) is 22.8. The molecule has 0 unspecified atom stereocenters. The molecule has 9 aromatic rings. The minimum absolute atomic E-state index is 0.0394. The third kappa shape index (κ3) is 5.92. The molecule has 0 aliphatic carbocycles. The van der Waals surface area contributed by atoms with Crippen LogP contribution in [0.3, 0.4) is 0 Å². The highest BCUT2D eigenvalue weighted by Gasteiger charge is 2.48. The minimum Gasteiger partial charge on any atom is -0.454 e. The van der Waals surface area contributed by atoms with Crippen molar-refractivity contribution in [3.8, 4) is 45.3 Å². The third-order valence-corrected chi connectivity index (χ3v) is 16.2. The molecule has 2 aromatic heterocycles. The Bertz CT molecular complexity index is 3270. The van der Waals surface area contributed by atoms with Gasteiger partial charge < -0.3 is 28.7 Å². The average Bonchev–Trinajstić information content (AvgIpc) is 4.13. The zero-order valence-electron chi connectivity index (χ0n) is 38.0. The molecule has 0 fully saturated rings. The van der Waals surface area contributed by atoms with Crippen LogP contribution in [0, 0.1) is 6.92 Å². The van der Waals surface area contributed by atoms with Crippen molar-refractivity contribution in [2.24, 2.45) is 0 Å². The Labute approximate surface area is 393 Å². The van der Waals surface area contributed by atoms with Gasteiger partial charge in [0, 0.05) is 64.4 Å². The molecule has 0 radical (unpaired) electrons. The van der Waals surface area contributed by atoms with E-state index in [1.807, 2.05) is 22.7 Å². The lowest BCUT2D eigenvalue weighted by molar-refractivity contribution is 0.173. The van der Waals surface area contributed by atoms with Crippen molar-refractivity contribution in [3.63, 3.8) is 0 Å². The van der Waals surface area contributed by atoms with E-state index in [4.69, 9.17) is 18.9 Å². The molecule has 7 aromatic carbocycles. The Hall–Kier alpha value is -6.68. The molecule has 0 N–H and O–H groups in total. The standard InChI is InChI=1S/C57H47BN2O4S2/c1-32-22-43-51-44(23-32)60(42-29-48-46(62-31-64-48)27-38(42)34-16-12-9-13-17-34)53-40-25-36(57(5,6)7)19-21-50(40)66-55(53)58(51)54-52(39-24-35(56(2,3)4)18-20-49(39)65-54)59(43)41-28-47-45(61-30-63-47)26-37(41)33-14-10-8-11-15-33/h8-29H,30-31H2,1-7H3. The minimum atomic E-state index is -0.0477. The molecule has 0 spiro atoms. The first-order valence-corrected chi connectivity index (χ1v) is 24.4. The number of aryl methyl sites for hydroxylation is 1. The summed E-state index contributed by atoms with van der Waals surface area (Å²) in [4.78, 5) is 5.14. The molecule has 0 saturated heterocycles. The first kappa shape index (κ1) is 39.7. The van der Waals surface area contributed by atoms with Gasteiger partial charge in [-0.15, -0.1) is 22.7 Å². The molecule has 4 aliphatic heterocycles. The SMILES string of the molecule is Cc1cc2c3c(c1)N(c1cc4c(cc1-c1ccccc1)OCO4)c1c(sc4ccc(C(C)(C)C)cc14)B3c1sc3ccc(C(C)(C)C)cc3c1N2c1cc2c(cc1-c1ccccc1)OCO2. The molecule has 6 nitrogen and oxygen atoms in total. The molecule has 66 heavy (non-hydrogen) atoms. The van der Waals surface area contributed by atoms with Crippen LogP contribution in [-0.4, -0.2) is 20.3 Å². The molecule has 324 valence electrons. The topological polar surface area (TPSA) is 43.4 Å². The fraction of sp³-hybridized carbons (Fsp3) is 0.193. The quantitative estimate of drug-likeness (QED) is 0.164. The molecular formula is C57H47BN2O4S2. The van der Waals surface area contributed by atoms with Crippen LogP contribution in [0.1, 0.15) is 58.2 Å². The van der Waals surface area contributed by atoms with Crippen molar-refractivity contribution in [2.75, 3.05) is 23.4 Å². The Balaban J connectivity index is 1.19. The summed E-state index contributed by atoms with van der Waals surface area (Å²) in [6, 6.07) is 49.4. The third-order valence-electron chi connectivity index (χ3n) is 13.8. The van der Waals surface area contributed by atoms with Crippen LogP contribution in [0.25, 0.3) is 42.4 Å². The lowest BCUT2D eigenvalue weighted by atomic mass is 9.39. The van der Waals surface area contributed by atoms with Crippen LogP contribution < -0.4 is 43.8 Å². The van der Waals surface area contributed by atoms with Gasteiger partial charge in [-0.25, -0.2) is 0 Å². The van der Waals surface area contributed by atoms with Gasteiger partial charge in [-0.3, -0.25) is 0 Å². The molecule has 9 heteroatoms. The zero-order valence-corrected chi connectivity index (χ0v) is 39.7. The van der Waals surface area contributed by atoms with Crippen LogP contribution in [0.4, 0.5) is 34.1 Å². The maximum atomic E-state index is 6.24. The van der Waals surface area contributed by atoms with Crippen LogP contribution >= 0.6 is 22.7 Å². The Morgan fingerprint density at radius 2 is 0.879 bits per heavy atom. The van der Waals surface area contributed by atoms with E-state index in [9.17, 15) is 0 Å². The fourth-order valence-corrected chi connectivity index (χ4v) is 13.1. The van der Waals surface area contributed by atoms with Crippen molar-refractivity contribution in [3.05, 3.63) is 150 Å². The van der Waals surface area contributed by atoms with E-state index in [0.29, 0.717) is 0 Å². The summed E-state index contributed by atoms with van der Waals surface area (Å²) in [5, 5.41) is 2.52. The van der Waals surface area contributed by atoms with E-state index in [0.717, 1.165) is 68.0 Å². The highest BCUT2D eigenvalue weighted by atomic mass is 32.1. The van der Waals surface area contributed by atoms with E-state index >= 15 is 0 Å². The maximum absolute atomic E-state index is 6.24. The van der Waals surface area contributed by atoms with Crippen molar-refractivity contribution in [1.82, 2.24) is 0 Å². The number of ether oxygens (including phenoxy) is 4. The second kappa shape index (κ2) is 14.2. The van der Waals surface area contributed by atoms with Crippen molar-refractivity contribution in [2.45, 2.75) is 59.3 Å². The zero-order chi connectivity index (χ0) is 44.8. The first-order chi connectivity index (χ1) is 31.9. The van der Waals surface area contributed by atoms with Gasteiger partial charge in [-0.05, 0) is 99.6 Å². The van der Waals surface area contributed by atoms with Gasteiger partial charge in [0.1, 0.15) is 0 Å². The maximum Gasteiger partial charge on any atom is 0.277 e. The summed E-state index contributed by atoms with van der Waals surface area (Å²) in [6.07, 6.45) is 0. The summed E-state index contributed by atoms with van der Waals surface area (Å²) >= 11 is 3.87. The van der Waals surface area contributed by atoms with Crippen molar-refractivity contribution in [1.29, 1.82) is 0 Å². The molecule has 0 atom stereocenters. The van der Waals surface area contributed by atoms with Gasteiger partial charge >= 0.3 is 0 Å². The second-order valence-corrected chi connectivity index (χ2v) is 22.2. The van der Waals surface area contributed by atoms with Gasteiger partial charge in [-0.1, -0.05) is 114 Å². The Kier molecular flexibility index (Phi) is 8.51. The van der Waals surface area contributed by atoms with Crippen LogP contribution in [-0.2, 0) is 10.8 Å². The van der Waals surface area contributed by atoms with Crippen LogP contribution in [0.2, 0.25) is 0 Å². The van der Waals surface area contributed by atoms with E-state index in [-0.39, 0.29) is 31.1 Å². The average molecular weight is 899 g/mol. The van der Waals surface area contributed by atoms with Gasteiger partial charge in [0.25, 0.3) is 6.71 Å². The lowest BCUT2D eigenvalue weighted by Gasteiger charge is -2.43. The predicted molar refractivity (Wildman–Crippen MR) is 276 cm³/mol. The summed E-state index contributed by atoms with van der Waals surface area (Å²) in [5.41, 5.74) is 16.2. The number of hydrogen-bond donors (Lipinski definition) is 0. The molecular weight excluding hydrogens is 852 g/mol. The number of thiophene rings is 2. The Morgan fingerprint density at radius 1 is 0.470 bits per heavy atom. The summed E-state index contributed by atoms with van der Waals surface area (Å²) in [5.74, 6) is 3.02. The van der Waals surface area contributed by atoms with Gasteiger partial charge in [0.05, 0.1) is 22.7 Å². The largest absolute Gasteiger partial charge is 0.454 e. The highest BCUT2D eigenvalue weighted by molar-refractivity contribution is 7.40. The number of hydrogen-bond acceptors (Lipinski definition) is 8. The van der Waals surface area contributed by atoms with E-state index in [1.54, 1.807) is 0 Å². The number of nitrogens with zero attached hydrogens (tertiary/aromatic N) is 2. The van der Waals surface area contributed by atoms with Gasteiger partial charge in [0.2, 0.25) is 13.6 Å². The van der Waals surface area contributed by atoms with E-state index in [1.165, 1.54) is 63.3 Å². The monoisotopic (exact) mass is 898 g/mol. The second-order valence-electron chi connectivity index (χ2n) is 20.0. The van der Waals surface area contributed by atoms with Crippen LogP contribution in [0.5, 0.6) is 23.0 Å². The molecule has 0 amide bonds. The normalized spacial score (nSPS) is 14.6. The fourth-order valence-electron chi connectivity index (χ4n) is 10.5. The van der Waals surface area contributed by atoms with Crippen molar-refractivity contribution >= 4 is 98.7 Å². The molecule has 13 rings (SSSR count). The van der Waals surface area contributed by atoms with Gasteiger partial charge in [0.15, 0.2) is 23.0 Å². The molecule has 4 aliphatic rings. The predicted octanol–water partition coefficient (Wildman–Crippen LogP) is 13.9. The number of rotatable bonds is 4. The van der Waals surface area contributed by atoms with Gasteiger partial charge in [-0.2, -0.15) is 0 Å². The smallest absolute Gasteiger partial charge is 0.277 e. The summed E-state index contributed by atoms with van der Waals surface area (Å²) in [7, 11) is 0. The molecule has 6 heterocycles. The number of benzene rings is 7. The summed E-state index contributed by atoms with van der Waals surface area (Å²) < 4.78 is 29.9. The molecule has 0 bridgehead atoms. The number of anilines is 6. The Morgan fingerprint density at radius 3 is 1.29 bits per heavy atom. The van der Waals surface area contributed by atoms with Crippen LogP contribution in [0.15, 0.2) is 133 Å². The lowest BCUT2D eigenvalue weighted by Crippen LogP contribution is -2.59. The number of fused-ring (bicyclic) bond motifs is 10.